The van der Waals surface area contributed by atoms with E-state index in [1.165, 1.54) is 6.29 Å². The molecule has 6 heteroatoms. The second-order valence-electron chi connectivity index (χ2n) is 4.00. The quantitative estimate of drug-likeness (QED) is 0.382. The van der Waals surface area contributed by atoms with Crippen LogP contribution in [0, 0.1) is 5.41 Å². The van der Waals surface area contributed by atoms with Crippen LogP contribution >= 0.6 is 0 Å². The first kappa shape index (κ1) is 14.6. The molecule has 0 aliphatic rings. The molecule has 0 fully saturated rings. The Labute approximate surface area is 93.8 Å². The second kappa shape index (κ2) is 6.22. The van der Waals surface area contributed by atoms with Gasteiger partial charge in [-0.05, 0) is 20.8 Å². The summed E-state index contributed by atoms with van der Waals surface area (Å²) in [4.78, 5) is 32.4. The van der Waals surface area contributed by atoms with E-state index in [-0.39, 0.29) is 0 Å². The van der Waals surface area contributed by atoms with Gasteiger partial charge in [-0.1, -0.05) is 0 Å². The average molecular weight is 231 g/mol. The van der Waals surface area contributed by atoms with Gasteiger partial charge in [0.25, 0.3) is 0 Å². The largest absolute Gasteiger partial charge is 0.427 e. The number of carbonyl (C=O) groups is 2. The van der Waals surface area contributed by atoms with Crippen LogP contribution in [0.4, 0.5) is 0 Å². The van der Waals surface area contributed by atoms with Gasteiger partial charge >= 0.3 is 11.9 Å². The molecule has 16 heavy (non-hydrogen) atoms. The van der Waals surface area contributed by atoms with Gasteiger partial charge in [-0.2, -0.15) is 0 Å². The molecule has 0 rings (SSSR count). The maximum Gasteiger partial charge on any atom is 0.346 e. The van der Waals surface area contributed by atoms with Crippen molar-refractivity contribution in [1.82, 2.24) is 0 Å². The lowest BCUT2D eigenvalue weighted by Crippen LogP contribution is -2.29. The molecule has 0 bridgehead atoms. The van der Waals surface area contributed by atoms with E-state index in [2.05, 4.69) is 14.2 Å². The standard InChI is InChI=1S/C10H15O6/c1-10(2,3)9(13)16-6-15-8(12)7(5-11)14-4/h7H,6H2,1-4H3. The highest BCUT2D eigenvalue weighted by atomic mass is 16.7. The minimum atomic E-state index is -1.41. The average Bonchev–Trinajstić information content (AvgIpc) is 2.18. The number of esters is 2. The molecule has 0 aliphatic heterocycles. The molecule has 0 amide bonds. The zero-order valence-electron chi connectivity index (χ0n) is 9.73. The smallest absolute Gasteiger partial charge is 0.346 e. The Balaban J connectivity index is 3.96. The van der Waals surface area contributed by atoms with Crippen LogP contribution in [0.15, 0.2) is 0 Å². The molecule has 1 unspecified atom stereocenters. The Morgan fingerprint density at radius 1 is 1.25 bits per heavy atom. The molecule has 0 aromatic rings. The summed E-state index contributed by atoms with van der Waals surface area (Å²) < 4.78 is 13.6. The first-order valence-corrected chi connectivity index (χ1v) is 4.57. The SMILES string of the molecule is COC([C]=O)C(=O)OCOC(=O)C(C)(C)C. The molecule has 1 radical (unpaired) electrons. The van der Waals surface area contributed by atoms with Gasteiger partial charge in [-0.3, -0.25) is 9.59 Å². The third-order valence-corrected chi connectivity index (χ3v) is 1.56. The van der Waals surface area contributed by atoms with Crippen LogP contribution in [0.5, 0.6) is 0 Å². The monoisotopic (exact) mass is 231 g/mol. The van der Waals surface area contributed by atoms with E-state index in [1.54, 1.807) is 20.8 Å². The van der Waals surface area contributed by atoms with Gasteiger partial charge in [0.1, 0.15) is 0 Å². The molecule has 0 spiro atoms. The summed E-state index contributed by atoms with van der Waals surface area (Å²) >= 11 is 0. The third-order valence-electron chi connectivity index (χ3n) is 1.56. The lowest BCUT2D eigenvalue weighted by Gasteiger charge is -2.16. The molecular formula is C10H15O6. The minimum absolute atomic E-state index is 0.510. The summed E-state index contributed by atoms with van der Waals surface area (Å²) in [5, 5.41) is 0. The van der Waals surface area contributed by atoms with E-state index in [1.807, 2.05) is 0 Å². The van der Waals surface area contributed by atoms with Crippen LogP contribution in [0.1, 0.15) is 20.8 Å². The van der Waals surface area contributed by atoms with Crippen molar-refractivity contribution in [2.45, 2.75) is 26.9 Å². The first-order chi connectivity index (χ1) is 7.32. The van der Waals surface area contributed by atoms with Gasteiger partial charge in [0.05, 0.1) is 5.41 Å². The molecular weight excluding hydrogens is 216 g/mol. The Kier molecular flexibility index (Phi) is 5.66. The van der Waals surface area contributed by atoms with Crippen molar-refractivity contribution >= 4 is 18.2 Å². The highest BCUT2D eigenvalue weighted by Crippen LogP contribution is 2.14. The maximum atomic E-state index is 11.2. The molecule has 91 valence electrons. The predicted molar refractivity (Wildman–Crippen MR) is 53.0 cm³/mol. The Bertz CT molecular complexity index is 265. The highest BCUT2D eigenvalue weighted by Gasteiger charge is 2.24. The fourth-order valence-corrected chi connectivity index (χ4v) is 0.626. The summed E-state index contributed by atoms with van der Waals surface area (Å²) in [6.07, 6.45) is -0.0763. The van der Waals surface area contributed by atoms with E-state index in [0.29, 0.717) is 0 Å². The first-order valence-electron chi connectivity index (χ1n) is 4.57. The van der Waals surface area contributed by atoms with Gasteiger partial charge in [-0.25, -0.2) is 4.79 Å². The van der Waals surface area contributed by atoms with E-state index in [9.17, 15) is 14.4 Å². The Morgan fingerprint density at radius 3 is 2.19 bits per heavy atom. The highest BCUT2D eigenvalue weighted by molar-refractivity contribution is 5.91. The molecule has 0 saturated heterocycles. The zero-order chi connectivity index (χ0) is 12.8. The molecule has 0 heterocycles. The minimum Gasteiger partial charge on any atom is -0.427 e. The Hall–Kier alpha value is -1.43. The van der Waals surface area contributed by atoms with E-state index >= 15 is 0 Å². The fourth-order valence-electron chi connectivity index (χ4n) is 0.626. The zero-order valence-corrected chi connectivity index (χ0v) is 9.73. The molecule has 6 nitrogen and oxygen atoms in total. The summed E-state index contributed by atoms with van der Waals surface area (Å²) in [7, 11) is 1.16. The topological polar surface area (TPSA) is 78.9 Å². The van der Waals surface area contributed by atoms with Crippen molar-refractivity contribution in [2.75, 3.05) is 13.9 Å². The van der Waals surface area contributed by atoms with Gasteiger partial charge < -0.3 is 14.2 Å². The number of hydrogen-bond acceptors (Lipinski definition) is 6. The van der Waals surface area contributed by atoms with Crippen molar-refractivity contribution < 1.29 is 28.6 Å². The Morgan fingerprint density at radius 2 is 1.81 bits per heavy atom. The van der Waals surface area contributed by atoms with Crippen molar-refractivity contribution in [3.8, 4) is 0 Å². The van der Waals surface area contributed by atoms with E-state index < -0.39 is 30.3 Å². The molecule has 0 N–H and O–H groups in total. The van der Waals surface area contributed by atoms with E-state index in [0.717, 1.165) is 7.11 Å². The summed E-state index contributed by atoms with van der Waals surface area (Å²) in [6.45, 7) is 4.44. The normalized spacial score (nSPS) is 12.8. The number of ether oxygens (including phenoxy) is 3. The second-order valence-corrected chi connectivity index (χ2v) is 4.00. The van der Waals surface area contributed by atoms with Crippen LogP contribution in [-0.2, 0) is 28.6 Å². The molecule has 0 saturated carbocycles. The molecule has 0 aliphatic carbocycles. The predicted octanol–water partition coefficient (Wildman–Crippen LogP) is 0.201. The number of hydrogen-bond donors (Lipinski definition) is 0. The van der Waals surface area contributed by atoms with Gasteiger partial charge in [0, 0.05) is 7.11 Å². The molecule has 0 aromatic heterocycles. The summed E-state index contributed by atoms with van der Waals surface area (Å²) in [5.74, 6) is -1.46. The van der Waals surface area contributed by atoms with Crippen LogP contribution in [0.3, 0.4) is 0 Å². The summed E-state index contributed by atoms with van der Waals surface area (Å²) in [5.41, 5.74) is -0.677. The van der Waals surface area contributed by atoms with Crippen molar-refractivity contribution in [3.05, 3.63) is 0 Å². The van der Waals surface area contributed by atoms with Gasteiger partial charge in [-0.15, -0.1) is 0 Å². The lowest BCUT2D eigenvalue weighted by molar-refractivity contribution is -0.176. The third kappa shape index (κ3) is 4.88. The van der Waals surface area contributed by atoms with E-state index in [4.69, 9.17) is 0 Å². The lowest BCUT2D eigenvalue weighted by atomic mass is 9.98. The van der Waals surface area contributed by atoms with Crippen molar-refractivity contribution in [2.24, 2.45) is 5.41 Å². The maximum absolute atomic E-state index is 11.2. The fraction of sp³-hybridized carbons (Fsp3) is 0.700. The molecule has 0 aromatic carbocycles. The van der Waals surface area contributed by atoms with Gasteiger partial charge in [0.2, 0.25) is 19.2 Å². The molecule has 1 atom stereocenters. The number of rotatable bonds is 5. The number of methoxy groups -OCH3 is 1. The summed E-state index contributed by atoms with van der Waals surface area (Å²) in [6, 6.07) is 0. The van der Waals surface area contributed by atoms with Crippen LogP contribution in [-0.4, -0.2) is 38.2 Å². The number of carbonyl (C=O) groups excluding carboxylic acids is 3. The van der Waals surface area contributed by atoms with Crippen molar-refractivity contribution in [1.29, 1.82) is 0 Å². The van der Waals surface area contributed by atoms with Gasteiger partial charge in [0.15, 0.2) is 0 Å². The van der Waals surface area contributed by atoms with Crippen LogP contribution in [0.25, 0.3) is 0 Å². The van der Waals surface area contributed by atoms with Crippen LogP contribution in [0.2, 0.25) is 0 Å². The van der Waals surface area contributed by atoms with Crippen LogP contribution < -0.4 is 0 Å². The van der Waals surface area contributed by atoms with Crippen molar-refractivity contribution in [3.63, 3.8) is 0 Å².